The molecule has 0 aromatic heterocycles. The summed E-state index contributed by atoms with van der Waals surface area (Å²) in [6, 6.07) is 2.48. The molecule has 2 amide bonds. The number of unbranched alkanes of at least 4 members (excludes halogenated alkanes) is 8. The highest BCUT2D eigenvalue weighted by molar-refractivity contribution is 5.96. The van der Waals surface area contributed by atoms with Gasteiger partial charge in [-0.3, -0.25) is 14.4 Å². The first-order valence-corrected chi connectivity index (χ1v) is 16.9. The number of hydrogen-bond donors (Lipinski definition) is 3. The van der Waals surface area contributed by atoms with Gasteiger partial charge in [0.05, 0.1) is 25.7 Å². The van der Waals surface area contributed by atoms with Gasteiger partial charge in [-0.2, -0.15) is 0 Å². The molecule has 4 atom stereocenters. The molecule has 1 saturated carbocycles. The summed E-state index contributed by atoms with van der Waals surface area (Å²) in [7, 11) is 1.48. The number of benzene rings is 1. The number of carbonyl (C=O) groups is 3. The summed E-state index contributed by atoms with van der Waals surface area (Å²) in [5.74, 6) is -0.315. The number of rotatable bonds is 17. The van der Waals surface area contributed by atoms with E-state index < -0.39 is 30.1 Å². The third-order valence-electron chi connectivity index (χ3n) is 9.48. The van der Waals surface area contributed by atoms with Crippen LogP contribution in [0.2, 0.25) is 0 Å². The topological polar surface area (TPSA) is 125 Å². The smallest absolute Gasteiger partial charge is 0.247 e. The van der Waals surface area contributed by atoms with Gasteiger partial charge in [0, 0.05) is 35.7 Å². The normalized spacial score (nSPS) is 22.8. The van der Waals surface area contributed by atoms with E-state index in [9.17, 15) is 24.6 Å². The fourth-order valence-electron chi connectivity index (χ4n) is 7.22. The van der Waals surface area contributed by atoms with E-state index in [0.29, 0.717) is 40.9 Å². The second kappa shape index (κ2) is 17.0. The molecule has 0 saturated heterocycles. The summed E-state index contributed by atoms with van der Waals surface area (Å²) in [5, 5.41) is 24.1. The molecule has 3 N–H and O–H groups in total. The molecule has 1 aromatic carbocycles. The molecule has 4 rings (SSSR count). The predicted octanol–water partition coefficient (Wildman–Crippen LogP) is 5.21. The Morgan fingerprint density at radius 1 is 1.05 bits per heavy atom. The SMILES string of the molecule is CCCCCCCCCCCC(=O)N(C1CCCCC1)C1C=C(C(=O)NCCO)C2c3cc(C=O)cc(OC)c3OC2C1O. The molecule has 3 aliphatic rings. The van der Waals surface area contributed by atoms with Crippen LogP contribution in [0, 0.1) is 0 Å². The number of aliphatic hydroxyl groups excluding tert-OH is 2. The van der Waals surface area contributed by atoms with Crippen LogP contribution in [-0.2, 0) is 9.59 Å². The summed E-state index contributed by atoms with van der Waals surface area (Å²) in [6.07, 6.45) is 16.2. The van der Waals surface area contributed by atoms with Crippen molar-refractivity contribution in [2.75, 3.05) is 20.3 Å². The lowest BCUT2D eigenvalue weighted by atomic mass is 9.76. The number of nitrogens with zero attached hydrogens (tertiary/aromatic N) is 1. The van der Waals surface area contributed by atoms with Gasteiger partial charge in [0.1, 0.15) is 18.5 Å². The first-order valence-electron chi connectivity index (χ1n) is 16.9. The second-order valence-corrected chi connectivity index (χ2v) is 12.6. The van der Waals surface area contributed by atoms with Crippen molar-refractivity contribution in [3.05, 3.63) is 34.9 Å². The lowest BCUT2D eigenvalue weighted by Gasteiger charge is -2.45. The molecular formula is C35H52N2O7. The molecule has 4 unspecified atom stereocenters. The van der Waals surface area contributed by atoms with Crippen LogP contribution >= 0.6 is 0 Å². The van der Waals surface area contributed by atoms with Gasteiger partial charge in [-0.25, -0.2) is 0 Å². The third kappa shape index (κ3) is 8.02. The van der Waals surface area contributed by atoms with Crippen molar-refractivity contribution in [3.8, 4) is 11.5 Å². The van der Waals surface area contributed by atoms with Crippen LogP contribution in [0.25, 0.3) is 0 Å². The number of fused-ring (bicyclic) bond motifs is 3. The van der Waals surface area contributed by atoms with E-state index in [2.05, 4.69) is 12.2 Å². The van der Waals surface area contributed by atoms with Crippen molar-refractivity contribution in [2.45, 2.75) is 133 Å². The number of carbonyl (C=O) groups excluding carboxylic acids is 3. The minimum absolute atomic E-state index is 0.00467. The van der Waals surface area contributed by atoms with Crippen molar-refractivity contribution >= 4 is 18.1 Å². The Hall–Kier alpha value is -2.91. The summed E-state index contributed by atoms with van der Waals surface area (Å²) in [5.41, 5.74) is 1.32. The van der Waals surface area contributed by atoms with Gasteiger partial charge in [-0.05, 0) is 37.5 Å². The van der Waals surface area contributed by atoms with Crippen LogP contribution < -0.4 is 14.8 Å². The highest BCUT2D eigenvalue weighted by atomic mass is 16.5. The lowest BCUT2D eigenvalue weighted by molar-refractivity contribution is -0.141. The molecule has 0 spiro atoms. The third-order valence-corrected chi connectivity index (χ3v) is 9.48. The molecule has 1 fully saturated rings. The first-order chi connectivity index (χ1) is 21.4. The zero-order valence-electron chi connectivity index (χ0n) is 26.6. The van der Waals surface area contributed by atoms with E-state index in [1.54, 1.807) is 18.2 Å². The van der Waals surface area contributed by atoms with Crippen LogP contribution in [0.3, 0.4) is 0 Å². The molecule has 9 heteroatoms. The van der Waals surface area contributed by atoms with Crippen molar-refractivity contribution in [1.82, 2.24) is 10.2 Å². The Balaban J connectivity index is 1.59. The van der Waals surface area contributed by atoms with Gasteiger partial charge < -0.3 is 29.9 Å². The van der Waals surface area contributed by atoms with Gasteiger partial charge in [0.25, 0.3) is 0 Å². The molecule has 2 aliphatic carbocycles. The standard InChI is InChI=1S/C35H52N2O7/c1-3-4-5-6-7-8-9-10-14-17-30(40)37(25-15-12-11-13-16-25)28-22-27(35(42)36-18-19-38)31-26-20-24(23-39)21-29(43-2)33(26)44-34(31)32(28)41/h20-23,25,28,31-32,34,38,41H,3-19H2,1-2H3,(H,36,42). The predicted molar refractivity (Wildman–Crippen MR) is 169 cm³/mol. The van der Waals surface area contributed by atoms with Gasteiger partial charge in [-0.15, -0.1) is 0 Å². The monoisotopic (exact) mass is 612 g/mol. The van der Waals surface area contributed by atoms with Gasteiger partial charge in [0.2, 0.25) is 11.8 Å². The summed E-state index contributed by atoms with van der Waals surface area (Å²) in [6.45, 7) is 2.07. The lowest BCUT2D eigenvalue weighted by Crippen LogP contribution is -2.58. The molecule has 9 nitrogen and oxygen atoms in total. The van der Waals surface area contributed by atoms with Gasteiger partial charge >= 0.3 is 0 Å². The minimum Gasteiger partial charge on any atom is -0.493 e. The maximum absolute atomic E-state index is 14.0. The fraction of sp³-hybridized carbons (Fsp3) is 0.686. The fourth-order valence-corrected chi connectivity index (χ4v) is 7.22. The van der Waals surface area contributed by atoms with E-state index >= 15 is 0 Å². The van der Waals surface area contributed by atoms with Crippen molar-refractivity contribution < 1.29 is 34.1 Å². The maximum Gasteiger partial charge on any atom is 0.247 e. The Morgan fingerprint density at radius 3 is 2.36 bits per heavy atom. The Bertz CT molecular complexity index is 1150. The highest BCUT2D eigenvalue weighted by Crippen LogP contribution is 2.51. The van der Waals surface area contributed by atoms with E-state index in [1.165, 1.54) is 45.6 Å². The highest BCUT2D eigenvalue weighted by Gasteiger charge is 2.52. The number of aldehydes is 1. The quantitative estimate of drug-likeness (QED) is 0.163. The van der Waals surface area contributed by atoms with Crippen LogP contribution in [0.5, 0.6) is 11.5 Å². The van der Waals surface area contributed by atoms with Crippen molar-refractivity contribution in [1.29, 1.82) is 0 Å². The van der Waals surface area contributed by atoms with Crippen LogP contribution in [0.4, 0.5) is 0 Å². The van der Waals surface area contributed by atoms with Crippen LogP contribution in [-0.4, -0.2) is 77.8 Å². The zero-order valence-corrected chi connectivity index (χ0v) is 26.6. The molecule has 1 heterocycles. The summed E-state index contributed by atoms with van der Waals surface area (Å²) >= 11 is 0. The first kappa shape index (κ1) is 34.0. The zero-order chi connectivity index (χ0) is 31.5. The summed E-state index contributed by atoms with van der Waals surface area (Å²) < 4.78 is 11.9. The van der Waals surface area contributed by atoms with Crippen LogP contribution in [0.1, 0.15) is 125 Å². The Labute approximate surface area is 262 Å². The molecule has 44 heavy (non-hydrogen) atoms. The number of hydrogen-bond acceptors (Lipinski definition) is 7. The second-order valence-electron chi connectivity index (χ2n) is 12.6. The van der Waals surface area contributed by atoms with E-state index in [1.807, 2.05) is 4.90 Å². The Kier molecular flexibility index (Phi) is 13.1. The molecule has 244 valence electrons. The number of nitrogens with one attached hydrogen (secondary N) is 1. The van der Waals surface area contributed by atoms with E-state index in [-0.39, 0.29) is 25.1 Å². The van der Waals surface area contributed by atoms with E-state index in [0.717, 1.165) is 51.4 Å². The van der Waals surface area contributed by atoms with E-state index in [4.69, 9.17) is 9.47 Å². The largest absolute Gasteiger partial charge is 0.493 e. The maximum atomic E-state index is 14.0. The Morgan fingerprint density at radius 2 is 1.73 bits per heavy atom. The molecule has 0 bridgehead atoms. The minimum atomic E-state index is -1.10. The number of ether oxygens (including phenoxy) is 2. The number of methoxy groups -OCH3 is 1. The molecular weight excluding hydrogens is 560 g/mol. The van der Waals surface area contributed by atoms with Crippen molar-refractivity contribution in [2.24, 2.45) is 0 Å². The number of amides is 2. The summed E-state index contributed by atoms with van der Waals surface area (Å²) in [4.78, 5) is 41.1. The molecule has 0 radical (unpaired) electrons. The average Bonchev–Trinajstić information content (AvgIpc) is 3.44. The van der Waals surface area contributed by atoms with Crippen LogP contribution in [0.15, 0.2) is 23.8 Å². The average molecular weight is 613 g/mol. The van der Waals surface area contributed by atoms with Crippen molar-refractivity contribution in [3.63, 3.8) is 0 Å². The molecule has 1 aromatic rings. The van der Waals surface area contributed by atoms with Gasteiger partial charge in [-0.1, -0.05) is 77.6 Å². The van der Waals surface area contributed by atoms with Gasteiger partial charge in [0.15, 0.2) is 11.5 Å². The number of aliphatic hydroxyl groups is 2. The molecule has 1 aliphatic heterocycles.